The Morgan fingerprint density at radius 1 is 1.64 bits per heavy atom. The second kappa shape index (κ2) is 5.74. The zero-order valence-corrected chi connectivity index (χ0v) is 13.8. The highest BCUT2D eigenvalue weighted by Crippen LogP contribution is 2.57. The number of nitrogens with one attached hydrogen (secondary N) is 1. The minimum absolute atomic E-state index is 0.0217. The lowest BCUT2D eigenvalue weighted by molar-refractivity contribution is 0.0151. The Kier molecular flexibility index (Phi) is 4.07. The minimum Gasteiger partial charge on any atom is -0.369 e. The summed E-state index contributed by atoms with van der Waals surface area (Å²) in [6.07, 6.45) is 3.23. The molecule has 4 atom stereocenters. The van der Waals surface area contributed by atoms with Crippen molar-refractivity contribution < 1.29 is 14.2 Å². The van der Waals surface area contributed by atoms with Crippen molar-refractivity contribution in [2.75, 3.05) is 18.6 Å². The van der Waals surface area contributed by atoms with Crippen LogP contribution in [-0.2, 0) is 9.30 Å². The molecule has 22 heavy (non-hydrogen) atoms. The lowest BCUT2D eigenvalue weighted by Crippen LogP contribution is -2.15. The van der Waals surface area contributed by atoms with Gasteiger partial charge in [-0.3, -0.25) is 18.9 Å². The van der Waals surface area contributed by atoms with Gasteiger partial charge < -0.3 is 15.4 Å². The van der Waals surface area contributed by atoms with Crippen molar-refractivity contribution in [3.05, 3.63) is 16.7 Å². The van der Waals surface area contributed by atoms with Crippen molar-refractivity contribution >= 4 is 32.4 Å². The van der Waals surface area contributed by atoms with Crippen LogP contribution in [0.15, 0.2) is 11.1 Å². The third-order valence-electron chi connectivity index (χ3n) is 3.46. The fourth-order valence-electron chi connectivity index (χ4n) is 2.47. The van der Waals surface area contributed by atoms with Gasteiger partial charge in [-0.1, -0.05) is 0 Å². The smallest absolute Gasteiger partial charge is 0.280 e. The summed E-state index contributed by atoms with van der Waals surface area (Å²) < 4.78 is 18.9. The predicted molar refractivity (Wildman–Crippen MR) is 84.6 cm³/mol. The number of imidazole rings is 1. The molecular weight excluding hydrogens is 328 g/mol. The lowest BCUT2D eigenvalue weighted by atomic mass is 10.2. The van der Waals surface area contributed by atoms with E-state index in [9.17, 15) is 14.3 Å². The molecule has 0 amide bonds. The van der Waals surface area contributed by atoms with Gasteiger partial charge in [0, 0.05) is 12.8 Å². The molecule has 0 aliphatic carbocycles. The third-order valence-corrected chi connectivity index (χ3v) is 6.99. The van der Waals surface area contributed by atoms with Crippen molar-refractivity contribution in [2.24, 2.45) is 0 Å². The number of nitrogens with two attached hydrogens (primary N) is 1. The third kappa shape index (κ3) is 3.22. The molecular formula is C11H17N5O4P2. The van der Waals surface area contributed by atoms with E-state index in [0.29, 0.717) is 11.8 Å². The van der Waals surface area contributed by atoms with Gasteiger partial charge in [-0.2, -0.15) is 4.98 Å². The first-order valence-electron chi connectivity index (χ1n) is 6.76. The Labute approximate surface area is 127 Å². The standard InChI is InChI=1S/C11H17N5O4P2/c1-22(18,19)21-4-6-2-3-7(20-6)16-5-13-8-9(16)14-11(12)15-10(8)17/h5-7,21H,2-4H2,1H3,(H,18,19)(H3,12,14,15,17)/t6-,7+/m0/s1. The molecule has 0 bridgehead atoms. The summed E-state index contributed by atoms with van der Waals surface area (Å²) in [4.78, 5) is 31.7. The molecule has 2 aromatic rings. The predicted octanol–water partition coefficient (Wildman–Crippen LogP) is 0.873. The highest BCUT2D eigenvalue weighted by atomic mass is 32.1. The molecule has 3 heterocycles. The zero-order chi connectivity index (χ0) is 15.9. The van der Waals surface area contributed by atoms with Crippen molar-refractivity contribution in [3.8, 4) is 0 Å². The maximum Gasteiger partial charge on any atom is 0.280 e. The first kappa shape index (κ1) is 15.6. The van der Waals surface area contributed by atoms with Crippen LogP contribution in [0.5, 0.6) is 0 Å². The number of nitrogen functional groups attached to an aromatic ring is 1. The topological polar surface area (TPSA) is 136 Å². The van der Waals surface area contributed by atoms with Crippen molar-refractivity contribution in [1.29, 1.82) is 0 Å². The first-order chi connectivity index (χ1) is 10.3. The van der Waals surface area contributed by atoms with Crippen molar-refractivity contribution in [1.82, 2.24) is 19.5 Å². The van der Waals surface area contributed by atoms with Gasteiger partial charge in [-0.15, -0.1) is 0 Å². The maximum absolute atomic E-state index is 11.8. The summed E-state index contributed by atoms with van der Waals surface area (Å²) in [5, 5.41) is 0. The number of fused-ring (bicyclic) bond motifs is 1. The Morgan fingerprint density at radius 2 is 2.41 bits per heavy atom. The molecule has 2 unspecified atom stereocenters. The second-order valence-corrected chi connectivity index (χ2v) is 11.2. The van der Waals surface area contributed by atoms with E-state index in [0.717, 1.165) is 12.8 Å². The van der Waals surface area contributed by atoms with E-state index in [2.05, 4.69) is 15.0 Å². The molecule has 1 fully saturated rings. The number of H-pyrrole nitrogens is 1. The summed E-state index contributed by atoms with van der Waals surface area (Å²) in [6, 6.07) is 0. The van der Waals surface area contributed by atoms with Gasteiger partial charge >= 0.3 is 0 Å². The van der Waals surface area contributed by atoms with Crippen LogP contribution in [0, 0.1) is 0 Å². The highest BCUT2D eigenvalue weighted by molar-refractivity contribution is 8.21. The van der Waals surface area contributed by atoms with Crippen LogP contribution in [-0.4, -0.2) is 43.3 Å². The van der Waals surface area contributed by atoms with Gasteiger partial charge in [0.2, 0.25) is 13.0 Å². The van der Waals surface area contributed by atoms with Gasteiger partial charge in [-0.05, 0) is 21.1 Å². The largest absolute Gasteiger partial charge is 0.369 e. The SMILES string of the molecule is CP(=O)(O)PC[C@@H]1CC[C@H](n2cnc3c(=O)[nH]c(N)nc32)O1. The number of nitrogens with zero attached hydrogens (tertiary/aromatic N) is 3. The number of aromatic nitrogens is 4. The Bertz CT molecular complexity index is 797. The summed E-state index contributed by atoms with van der Waals surface area (Å²) in [5.41, 5.74) is 5.79. The van der Waals surface area contributed by atoms with E-state index in [1.807, 2.05) is 0 Å². The molecule has 1 saturated heterocycles. The van der Waals surface area contributed by atoms with Crippen LogP contribution in [0.4, 0.5) is 5.95 Å². The number of ether oxygens (including phenoxy) is 1. The van der Waals surface area contributed by atoms with Crippen LogP contribution in [0.1, 0.15) is 19.1 Å². The van der Waals surface area contributed by atoms with E-state index in [-0.39, 0.29) is 37.6 Å². The van der Waals surface area contributed by atoms with Crippen LogP contribution in [0.2, 0.25) is 0 Å². The molecule has 0 radical (unpaired) electrons. The van der Waals surface area contributed by atoms with Crippen molar-refractivity contribution in [3.63, 3.8) is 0 Å². The van der Waals surface area contributed by atoms with E-state index < -0.39 is 7.06 Å². The Balaban J connectivity index is 1.79. The molecule has 1 aliphatic rings. The normalized spacial score (nSPS) is 25.2. The Morgan fingerprint density at radius 3 is 3.14 bits per heavy atom. The van der Waals surface area contributed by atoms with Gasteiger partial charge in [0.1, 0.15) is 6.23 Å². The van der Waals surface area contributed by atoms with Gasteiger partial charge in [0.25, 0.3) is 5.56 Å². The van der Waals surface area contributed by atoms with E-state index >= 15 is 0 Å². The van der Waals surface area contributed by atoms with Crippen molar-refractivity contribution in [2.45, 2.75) is 25.2 Å². The van der Waals surface area contributed by atoms with Crippen LogP contribution >= 0.6 is 15.3 Å². The molecule has 1 aliphatic heterocycles. The summed E-state index contributed by atoms with van der Waals surface area (Å²) >= 11 is 0. The molecule has 9 nitrogen and oxygen atoms in total. The molecule has 0 aromatic carbocycles. The molecule has 120 valence electrons. The van der Waals surface area contributed by atoms with E-state index in [1.165, 1.54) is 13.0 Å². The summed E-state index contributed by atoms with van der Waals surface area (Å²) in [7, 11) is -3.02. The van der Waals surface area contributed by atoms with E-state index in [1.54, 1.807) is 4.57 Å². The van der Waals surface area contributed by atoms with Crippen LogP contribution in [0.25, 0.3) is 11.2 Å². The summed E-state index contributed by atoms with van der Waals surface area (Å²) in [5.74, 6) is 0.0301. The lowest BCUT2D eigenvalue weighted by Gasteiger charge is -2.15. The number of aromatic amines is 1. The number of anilines is 1. The van der Waals surface area contributed by atoms with Crippen LogP contribution in [0.3, 0.4) is 0 Å². The maximum atomic E-state index is 11.8. The molecule has 0 spiro atoms. The molecule has 4 N–H and O–H groups in total. The minimum atomic E-state index is -3.00. The second-order valence-electron chi connectivity index (χ2n) is 5.31. The zero-order valence-electron chi connectivity index (χ0n) is 11.9. The quantitative estimate of drug-likeness (QED) is 0.700. The fourth-order valence-corrected chi connectivity index (χ4v) is 4.94. The Hall–Kier alpha value is -1.27. The molecule has 2 aromatic heterocycles. The molecule has 3 rings (SSSR count). The molecule has 11 heteroatoms. The van der Waals surface area contributed by atoms with Gasteiger partial charge in [-0.25, -0.2) is 4.98 Å². The van der Waals surface area contributed by atoms with Gasteiger partial charge in [0.05, 0.1) is 12.4 Å². The number of hydrogen-bond donors (Lipinski definition) is 3. The monoisotopic (exact) mass is 345 g/mol. The fraction of sp³-hybridized carbons (Fsp3) is 0.545. The number of hydrogen-bond acceptors (Lipinski definition) is 6. The van der Waals surface area contributed by atoms with Crippen LogP contribution < -0.4 is 11.3 Å². The molecule has 0 saturated carbocycles. The number of rotatable bonds is 4. The highest BCUT2D eigenvalue weighted by Gasteiger charge is 2.29. The van der Waals surface area contributed by atoms with E-state index in [4.69, 9.17) is 10.5 Å². The average Bonchev–Trinajstić information content (AvgIpc) is 3.01. The first-order valence-corrected chi connectivity index (χ1v) is 10.9. The van der Waals surface area contributed by atoms with Gasteiger partial charge in [0.15, 0.2) is 11.2 Å². The summed E-state index contributed by atoms with van der Waals surface area (Å²) in [6.45, 7) is 1.36. The average molecular weight is 345 g/mol.